The Morgan fingerprint density at radius 2 is 1.24 bits per heavy atom. The molecule has 14 nitrogen and oxygen atoms in total. The number of aliphatic hydroxyl groups is 8. The summed E-state index contributed by atoms with van der Waals surface area (Å²) in [6.07, 6.45) is 9.49. The van der Waals surface area contributed by atoms with Crippen molar-refractivity contribution in [2.75, 3.05) is 19.8 Å². The molecule has 14 heteroatoms. The number of hydrogen-bond donors (Lipinski definition) is 9. The highest BCUT2D eigenvalue weighted by molar-refractivity contribution is 5.76. The fraction of sp³-hybridized carbons (Fsp3) is 0.875. The lowest BCUT2D eigenvalue weighted by molar-refractivity contribution is -0.359. The third kappa shape index (κ3) is 17.7. The summed E-state index contributed by atoms with van der Waals surface area (Å²) < 4.78 is 22.5. The van der Waals surface area contributed by atoms with Crippen molar-refractivity contribution < 1.29 is 64.6 Å². The molecule has 0 radical (unpaired) electrons. The van der Waals surface area contributed by atoms with E-state index < -0.39 is 86.8 Å². The molecule has 2 heterocycles. The molecule has 0 aromatic carbocycles. The molecule has 1 amide bonds. The fourth-order valence-corrected chi connectivity index (χ4v) is 6.66. The van der Waals surface area contributed by atoms with Gasteiger partial charge in [-0.1, -0.05) is 109 Å². The third-order valence-electron chi connectivity index (χ3n) is 10.2. The normalized spacial score (nSPS) is 30.3. The van der Waals surface area contributed by atoms with E-state index in [9.17, 15) is 45.6 Å². The van der Waals surface area contributed by atoms with Crippen molar-refractivity contribution in [3.05, 3.63) is 24.3 Å². The second-order valence-corrected chi connectivity index (χ2v) is 14.8. The Labute approximate surface area is 322 Å². The van der Waals surface area contributed by atoms with Crippen molar-refractivity contribution >= 4 is 5.91 Å². The van der Waals surface area contributed by atoms with E-state index in [-0.39, 0.29) is 18.9 Å². The van der Waals surface area contributed by atoms with E-state index in [0.717, 1.165) is 83.5 Å². The van der Waals surface area contributed by atoms with E-state index in [0.29, 0.717) is 12.8 Å². The molecule has 2 fully saturated rings. The van der Waals surface area contributed by atoms with Crippen LogP contribution in [0.4, 0.5) is 0 Å². The van der Waals surface area contributed by atoms with Gasteiger partial charge in [0.25, 0.3) is 0 Å². The lowest BCUT2D eigenvalue weighted by atomic mass is 9.97. The van der Waals surface area contributed by atoms with Crippen molar-refractivity contribution in [2.24, 2.45) is 0 Å². The monoisotopic (exact) mass is 776 g/mol. The predicted molar refractivity (Wildman–Crippen MR) is 203 cm³/mol. The highest BCUT2D eigenvalue weighted by atomic mass is 16.7. The van der Waals surface area contributed by atoms with Gasteiger partial charge in [0.05, 0.1) is 32.0 Å². The minimum Gasteiger partial charge on any atom is -0.394 e. The number of carbonyl (C=O) groups excluding carboxylic acids is 1. The first-order chi connectivity index (χ1) is 26.1. The summed E-state index contributed by atoms with van der Waals surface area (Å²) in [5.41, 5.74) is 0. The highest BCUT2D eigenvalue weighted by Crippen LogP contribution is 2.30. The van der Waals surface area contributed by atoms with Crippen LogP contribution < -0.4 is 5.32 Å². The van der Waals surface area contributed by atoms with Gasteiger partial charge in [0, 0.05) is 6.42 Å². The third-order valence-corrected chi connectivity index (χ3v) is 10.2. The van der Waals surface area contributed by atoms with Crippen LogP contribution in [0.15, 0.2) is 24.3 Å². The summed E-state index contributed by atoms with van der Waals surface area (Å²) in [6, 6.07) is -0.829. The summed E-state index contributed by atoms with van der Waals surface area (Å²) in [5.74, 6) is -0.230. The first-order valence-corrected chi connectivity index (χ1v) is 20.6. The maximum atomic E-state index is 13.0. The van der Waals surface area contributed by atoms with Gasteiger partial charge in [-0.2, -0.15) is 0 Å². The molecule has 12 atom stereocenters. The molecule has 0 aromatic heterocycles. The van der Waals surface area contributed by atoms with E-state index in [4.69, 9.17) is 18.9 Å². The van der Waals surface area contributed by atoms with Crippen molar-refractivity contribution in [1.82, 2.24) is 5.32 Å². The van der Waals surface area contributed by atoms with Gasteiger partial charge >= 0.3 is 0 Å². The van der Waals surface area contributed by atoms with Crippen LogP contribution in [0.1, 0.15) is 129 Å². The Hall–Kier alpha value is -1.53. The lowest BCUT2D eigenvalue weighted by Crippen LogP contribution is -2.65. The molecule has 2 saturated heterocycles. The Morgan fingerprint density at radius 3 is 1.91 bits per heavy atom. The number of amides is 1. The first-order valence-electron chi connectivity index (χ1n) is 20.6. The number of hydrogen-bond acceptors (Lipinski definition) is 13. The Kier molecular flexibility index (Phi) is 25.9. The Morgan fingerprint density at radius 1 is 0.667 bits per heavy atom. The number of aliphatic hydroxyl groups excluding tert-OH is 8. The minimum atomic E-state index is -1.78. The molecule has 0 aliphatic carbocycles. The van der Waals surface area contributed by atoms with Crippen LogP contribution >= 0.6 is 0 Å². The number of ether oxygens (including phenoxy) is 4. The van der Waals surface area contributed by atoms with Gasteiger partial charge in [0.2, 0.25) is 5.91 Å². The van der Waals surface area contributed by atoms with Crippen LogP contribution in [0, 0.1) is 0 Å². The second-order valence-electron chi connectivity index (χ2n) is 14.8. The SMILES string of the molecule is CCCC/C=C\C/C=C\CCCCCCCC(=O)NC(COC1OC(CO)C(OC2OC(CO)C(O)C(O)C2O)C(O)C1O)C(O)CCCCCCCC. The van der Waals surface area contributed by atoms with Crippen molar-refractivity contribution in [3.63, 3.8) is 0 Å². The smallest absolute Gasteiger partial charge is 0.220 e. The quantitative estimate of drug-likeness (QED) is 0.0394. The number of nitrogens with one attached hydrogen (secondary N) is 1. The molecule has 0 bridgehead atoms. The van der Waals surface area contributed by atoms with Gasteiger partial charge < -0.3 is 65.1 Å². The van der Waals surface area contributed by atoms with Gasteiger partial charge in [0.15, 0.2) is 12.6 Å². The molecule has 0 aromatic rings. The van der Waals surface area contributed by atoms with Gasteiger partial charge in [-0.05, 0) is 38.5 Å². The summed E-state index contributed by atoms with van der Waals surface area (Å²) in [4.78, 5) is 13.0. The lowest BCUT2D eigenvalue weighted by Gasteiger charge is -2.46. The molecular formula is C40H73NO13. The maximum Gasteiger partial charge on any atom is 0.220 e. The van der Waals surface area contributed by atoms with Crippen LogP contribution in [0.5, 0.6) is 0 Å². The molecule has 12 unspecified atom stereocenters. The number of carbonyl (C=O) groups is 1. The van der Waals surface area contributed by atoms with Crippen LogP contribution in [0.2, 0.25) is 0 Å². The second kappa shape index (κ2) is 28.8. The van der Waals surface area contributed by atoms with E-state index in [1.165, 1.54) is 12.8 Å². The van der Waals surface area contributed by atoms with Crippen LogP contribution in [0.3, 0.4) is 0 Å². The zero-order valence-electron chi connectivity index (χ0n) is 32.7. The number of allylic oxidation sites excluding steroid dienone is 4. The van der Waals surface area contributed by atoms with E-state index in [2.05, 4.69) is 43.5 Å². The topological polar surface area (TPSA) is 228 Å². The number of rotatable bonds is 29. The summed E-state index contributed by atoms with van der Waals surface area (Å²) in [7, 11) is 0. The standard InChI is InChI=1S/C40H73NO13/c1-3-5-7-9-11-12-13-14-15-16-17-18-20-22-24-32(45)41-28(29(44)23-21-19-10-8-6-4-2)27-51-39-37(50)35(48)38(31(26-43)53-39)54-40-36(49)34(47)33(46)30(25-42)52-40/h9,11,13-14,28-31,33-40,42-44,46-50H,3-8,10,12,15-27H2,1-2H3,(H,41,45)/b11-9-,14-13-. The molecule has 316 valence electrons. The molecule has 0 spiro atoms. The van der Waals surface area contributed by atoms with Gasteiger partial charge in [-0.15, -0.1) is 0 Å². The molecule has 2 aliphatic heterocycles. The largest absolute Gasteiger partial charge is 0.394 e. The van der Waals surface area contributed by atoms with Gasteiger partial charge in [-0.25, -0.2) is 0 Å². The zero-order chi connectivity index (χ0) is 39.7. The van der Waals surface area contributed by atoms with Crippen molar-refractivity contribution in [2.45, 2.75) is 203 Å². The Balaban J connectivity index is 1.89. The van der Waals surface area contributed by atoms with Crippen LogP contribution in [0.25, 0.3) is 0 Å². The maximum absolute atomic E-state index is 13.0. The zero-order valence-corrected chi connectivity index (χ0v) is 32.7. The van der Waals surface area contributed by atoms with Crippen LogP contribution in [-0.4, -0.2) is 140 Å². The van der Waals surface area contributed by atoms with Gasteiger partial charge in [0.1, 0.15) is 48.8 Å². The first kappa shape index (κ1) is 48.6. The molecule has 9 N–H and O–H groups in total. The summed E-state index contributed by atoms with van der Waals surface area (Å²) >= 11 is 0. The molecule has 0 saturated carbocycles. The molecule has 54 heavy (non-hydrogen) atoms. The van der Waals surface area contributed by atoms with Crippen molar-refractivity contribution in [1.29, 1.82) is 0 Å². The predicted octanol–water partition coefficient (Wildman–Crippen LogP) is 2.65. The highest BCUT2D eigenvalue weighted by Gasteiger charge is 2.50. The van der Waals surface area contributed by atoms with E-state index in [1.807, 2.05) is 0 Å². The summed E-state index contributed by atoms with van der Waals surface area (Å²) in [6.45, 7) is 2.68. The Bertz CT molecular complexity index is 1010. The molecular weight excluding hydrogens is 702 g/mol. The van der Waals surface area contributed by atoms with Crippen LogP contribution in [-0.2, 0) is 23.7 Å². The van der Waals surface area contributed by atoms with E-state index >= 15 is 0 Å². The molecule has 2 aliphatic rings. The molecule has 2 rings (SSSR count). The minimum absolute atomic E-state index is 0.230. The number of unbranched alkanes of at least 4 members (excludes halogenated alkanes) is 12. The average molecular weight is 776 g/mol. The fourth-order valence-electron chi connectivity index (χ4n) is 6.66. The van der Waals surface area contributed by atoms with E-state index in [1.54, 1.807) is 0 Å². The average Bonchev–Trinajstić information content (AvgIpc) is 3.17. The van der Waals surface area contributed by atoms with Gasteiger partial charge in [-0.3, -0.25) is 4.79 Å². The summed E-state index contributed by atoms with van der Waals surface area (Å²) in [5, 5.41) is 86.0. The van der Waals surface area contributed by atoms with Crippen molar-refractivity contribution in [3.8, 4) is 0 Å².